The van der Waals surface area contributed by atoms with E-state index in [-0.39, 0.29) is 11.9 Å². The lowest BCUT2D eigenvalue weighted by Gasteiger charge is -2.25. The Bertz CT molecular complexity index is 595. The summed E-state index contributed by atoms with van der Waals surface area (Å²) in [6.45, 7) is 2.25. The van der Waals surface area contributed by atoms with E-state index < -0.39 is 0 Å². The van der Waals surface area contributed by atoms with Crippen molar-refractivity contribution in [1.82, 2.24) is 25.4 Å². The molecular formula is C15H19N5O. The Balaban J connectivity index is 1.47. The van der Waals surface area contributed by atoms with E-state index in [9.17, 15) is 4.79 Å². The fourth-order valence-electron chi connectivity index (χ4n) is 2.60. The van der Waals surface area contributed by atoms with Gasteiger partial charge in [-0.05, 0) is 30.2 Å². The Hall–Kier alpha value is -2.21. The molecule has 1 amide bonds. The maximum absolute atomic E-state index is 12.0. The van der Waals surface area contributed by atoms with Crippen LogP contribution in [0, 0.1) is 0 Å². The number of amides is 1. The first-order valence-electron chi connectivity index (χ1n) is 7.21. The molecule has 0 fully saturated rings. The molecule has 6 heteroatoms. The first kappa shape index (κ1) is 13.8. The van der Waals surface area contributed by atoms with Gasteiger partial charge in [0.1, 0.15) is 0 Å². The van der Waals surface area contributed by atoms with Crippen LogP contribution in [0.2, 0.25) is 0 Å². The first-order valence-corrected chi connectivity index (χ1v) is 7.21. The molecule has 0 spiro atoms. The number of nitrogens with one attached hydrogen (secondary N) is 2. The lowest BCUT2D eigenvalue weighted by molar-refractivity contribution is -0.121. The predicted molar refractivity (Wildman–Crippen MR) is 78.5 cm³/mol. The van der Waals surface area contributed by atoms with Crippen molar-refractivity contribution >= 4 is 5.91 Å². The fraction of sp³-hybridized carbons (Fsp3) is 0.400. The van der Waals surface area contributed by atoms with Crippen molar-refractivity contribution in [1.29, 1.82) is 0 Å². The summed E-state index contributed by atoms with van der Waals surface area (Å²) in [4.78, 5) is 16.0. The minimum absolute atomic E-state index is 0.0687. The summed E-state index contributed by atoms with van der Waals surface area (Å²) in [5.41, 5.74) is 2.31. The van der Waals surface area contributed by atoms with Crippen molar-refractivity contribution in [3.05, 3.63) is 48.0 Å². The molecule has 0 aromatic carbocycles. The maximum Gasteiger partial charge on any atom is 0.222 e. The molecule has 0 saturated heterocycles. The molecule has 21 heavy (non-hydrogen) atoms. The van der Waals surface area contributed by atoms with Crippen LogP contribution in [0.25, 0.3) is 0 Å². The Morgan fingerprint density at radius 1 is 1.33 bits per heavy atom. The van der Waals surface area contributed by atoms with Gasteiger partial charge in [-0.3, -0.25) is 14.5 Å². The largest absolute Gasteiger partial charge is 0.356 e. The molecule has 110 valence electrons. The van der Waals surface area contributed by atoms with Crippen molar-refractivity contribution in [2.45, 2.75) is 25.4 Å². The molecule has 1 aliphatic heterocycles. The number of hydrogen-bond acceptors (Lipinski definition) is 4. The summed E-state index contributed by atoms with van der Waals surface area (Å²) in [5.74, 6) is 0.0687. The topological polar surface area (TPSA) is 71.8 Å². The molecule has 2 aromatic rings. The van der Waals surface area contributed by atoms with Crippen molar-refractivity contribution < 1.29 is 4.79 Å². The Labute approximate surface area is 123 Å². The zero-order chi connectivity index (χ0) is 14.5. The van der Waals surface area contributed by atoms with Crippen LogP contribution in [0.15, 0.2) is 36.8 Å². The molecule has 0 unspecified atom stereocenters. The molecular weight excluding hydrogens is 266 g/mol. The zero-order valence-corrected chi connectivity index (χ0v) is 11.8. The van der Waals surface area contributed by atoms with Crippen LogP contribution in [0.5, 0.6) is 0 Å². The van der Waals surface area contributed by atoms with E-state index in [1.54, 1.807) is 18.6 Å². The molecule has 0 bridgehead atoms. The molecule has 1 aliphatic rings. The van der Waals surface area contributed by atoms with Crippen LogP contribution in [0.3, 0.4) is 0 Å². The average molecular weight is 285 g/mol. The van der Waals surface area contributed by atoms with Gasteiger partial charge in [0.25, 0.3) is 0 Å². The third-order valence-electron chi connectivity index (χ3n) is 3.69. The Kier molecular flexibility index (Phi) is 4.25. The van der Waals surface area contributed by atoms with Crippen LogP contribution in [0.4, 0.5) is 0 Å². The zero-order valence-electron chi connectivity index (χ0n) is 11.8. The van der Waals surface area contributed by atoms with Crippen LogP contribution < -0.4 is 10.6 Å². The summed E-state index contributed by atoms with van der Waals surface area (Å²) in [6.07, 6.45) is 6.60. The van der Waals surface area contributed by atoms with Gasteiger partial charge in [-0.25, -0.2) is 0 Å². The molecule has 0 saturated carbocycles. The number of fused-ring (bicyclic) bond motifs is 1. The second-order valence-electron chi connectivity index (χ2n) is 5.21. The number of carbonyl (C=O) groups excluding carboxylic acids is 1. The highest BCUT2D eigenvalue weighted by Gasteiger charge is 2.21. The van der Waals surface area contributed by atoms with Crippen LogP contribution in [0.1, 0.15) is 23.7 Å². The molecule has 3 heterocycles. The number of carbonyl (C=O) groups is 1. The van der Waals surface area contributed by atoms with Gasteiger partial charge < -0.3 is 10.6 Å². The van der Waals surface area contributed by atoms with Crippen molar-refractivity contribution in [3.63, 3.8) is 0 Å². The molecule has 1 atom stereocenters. The van der Waals surface area contributed by atoms with E-state index in [2.05, 4.69) is 20.7 Å². The highest BCUT2D eigenvalue weighted by molar-refractivity contribution is 5.76. The van der Waals surface area contributed by atoms with Crippen LogP contribution >= 0.6 is 0 Å². The summed E-state index contributed by atoms with van der Waals surface area (Å²) >= 11 is 0. The van der Waals surface area contributed by atoms with Gasteiger partial charge in [0.05, 0.1) is 18.2 Å². The third-order valence-corrected chi connectivity index (χ3v) is 3.69. The lowest BCUT2D eigenvalue weighted by Crippen LogP contribution is -2.37. The van der Waals surface area contributed by atoms with E-state index in [1.807, 2.05) is 22.9 Å². The number of hydrogen-bond donors (Lipinski definition) is 2. The molecule has 2 N–H and O–H groups in total. The molecule has 3 rings (SSSR count). The molecule has 0 radical (unpaired) electrons. The average Bonchev–Trinajstić information content (AvgIpc) is 2.98. The van der Waals surface area contributed by atoms with E-state index in [0.29, 0.717) is 13.0 Å². The Morgan fingerprint density at radius 3 is 3.05 bits per heavy atom. The predicted octanol–water partition coefficient (Wildman–Crippen LogP) is 0.671. The lowest BCUT2D eigenvalue weighted by atomic mass is 10.1. The summed E-state index contributed by atoms with van der Waals surface area (Å²) < 4.78 is 1.96. The van der Waals surface area contributed by atoms with Gasteiger partial charge in [0.2, 0.25) is 5.91 Å². The summed E-state index contributed by atoms with van der Waals surface area (Å²) in [7, 11) is 0. The van der Waals surface area contributed by atoms with Gasteiger partial charge in [-0.1, -0.05) is 0 Å². The second kappa shape index (κ2) is 6.49. The van der Waals surface area contributed by atoms with Gasteiger partial charge in [-0.15, -0.1) is 0 Å². The normalized spacial score (nSPS) is 17.2. The minimum Gasteiger partial charge on any atom is -0.356 e. The van der Waals surface area contributed by atoms with Gasteiger partial charge in [0, 0.05) is 38.2 Å². The van der Waals surface area contributed by atoms with Gasteiger partial charge in [-0.2, -0.15) is 5.10 Å². The van der Waals surface area contributed by atoms with Gasteiger partial charge >= 0.3 is 0 Å². The number of rotatable bonds is 5. The van der Waals surface area contributed by atoms with Crippen molar-refractivity contribution in [3.8, 4) is 0 Å². The standard InChI is InChI=1S/C15H19N5O/c21-15(18-7-3-12-1-5-16-6-2-12)9-14-11-17-10-13-4-8-19-20(13)14/h1-2,4-6,8,14,17H,3,7,9-11H2,(H,18,21)/t14-/m1/s1. The fourth-order valence-corrected chi connectivity index (χ4v) is 2.60. The highest BCUT2D eigenvalue weighted by Crippen LogP contribution is 2.16. The van der Waals surface area contributed by atoms with Gasteiger partial charge in [0.15, 0.2) is 0 Å². The smallest absolute Gasteiger partial charge is 0.222 e. The quantitative estimate of drug-likeness (QED) is 0.847. The summed E-state index contributed by atoms with van der Waals surface area (Å²) in [5, 5.41) is 10.6. The molecule has 2 aromatic heterocycles. The van der Waals surface area contributed by atoms with E-state index in [4.69, 9.17) is 0 Å². The van der Waals surface area contributed by atoms with E-state index in [1.165, 1.54) is 5.56 Å². The second-order valence-corrected chi connectivity index (χ2v) is 5.21. The minimum atomic E-state index is 0.0687. The molecule has 6 nitrogen and oxygen atoms in total. The number of nitrogens with zero attached hydrogens (tertiary/aromatic N) is 3. The number of aromatic nitrogens is 3. The van der Waals surface area contributed by atoms with E-state index in [0.717, 1.165) is 25.2 Å². The number of pyridine rings is 1. The monoisotopic (exact) mass is 285 g/mol. The summed E-state index contributed by atoms with van der Waals surface area (Å²) in [6, 6.07) is 6.02. The van der Waals surface area contributed by atoms with Crippen molar-refractivity contribution in [2.75, 3.05) is 13.1 Å². The molecule has 0 aliphatic carbocycles. The third kappa shape index (κ3) is 3.46. The maximum atomic E-state index is 12.0. The van der Waals surface area contributed by atoms with Crippen LogP contribution in [-0.2, 0) is 17.8 Å². The first-order chi connectivity index (χ1) is 10.3. The van der Waals surface area contributed by atoms with E-state index >= 15 is 0 Å². The highest BCUT2D eigenvalue weighted by atomic mass is 16.1. The Morgan fingerprint density at radius 2 is 2.19 bits per heavy atom. The van der Waals surface area contributed by atoms with Crippen LogP contribution in [-0.4, -0.2) is 33.8 Å². The van der Waals surface area contributed by atoms with Crippen molar-refractivity contribution in [2.24, 2.45) is 0 Å². The SMILES string of the molecule is O=C(C[C@@H]1CNCc2ccnn21)NCCc1ccncc1.